The molecule has 0 spiro atoms. The highest BCUT2D eigenvalue weighted by Gasteiger charge is 2.08. The van der Waals surface area contributed by atoms with E-state index in [9.17, 15) is 0 Å². The van der Waals surface area contributed by atoms with Gasteiger partial charge in [-0.1, -0.05) is 48.9 Å². The topological polar surface area (TPSA) is 15.3 Å². The molecule has 1 aliphatic heterocycles. The van der Waals surface area contributed by atoms with Crippen LogP contribution in [0.4, 0.5) is 0 Å². The van der Waals surface area contributed by atoms with Crippen LogP contribution in [0.5, 0.6) is 0 Å². The molecule has 1 radical (unpaired) electrons. The van der Waals surface area contributed by atoms with E-state index in [4.69, 9.17) is 0 Å². The number of hydrogen-bond donors (Lipinski definition) is 1. The van der Waals surface area contributed by atoms with Crippen LogP contribution in [0.2, 0.25) is 0 Å². The molecule has 3 rings (SSSR count). The zero-order valence-electron chi connectivity index (χ0n) is 14.1. The summed E-state index contributed by atoms with van der Waals surface area (Å²) in [6, 6.07) is 15.2. The van der Waals surface area contributed by atoms with Crippen LogP contribution in [0, 0.1) is 6.42 Å². The molecule has 1 saturated heterocycles. The Balaban J connectivity index is 1.32. The van der Waals surface area contributed by atoms with E-state index in [1.54, 1.807) is 0 Å². The van der Waals surface area contributed by atoms with E-state index in [-0.39, 0.29) is 0 Å². The Hall–Kier alpha value is -1.38. The second-order valence-corrected chi connectivity index (χ2v) is 6.58. The molecule has 2 nitrogen and oxygen atoms in total. The van der Waals surface area contributed by atoms with E-state index in [1.165, 1.54) is 68.1 Å². The molecule has 1 N–H and O–H groups in total. The molecule has 0 aliphatic carbocycles. The molecule has 123 valence electrons. The minimum Gasteiger partial charge on any atom is -0.313 e. The van der Waals surface area contributed by atoms with E-state index < -0.39 is 0 Å². The van der Waals surface area contributed by atoms with Crippen molar-refractivity contribution in [3.63, 3.8) is 0 Å². The number of fused-ring (bicyclic) bond motifs is 1. The van der Waals surface area contributed by atoms with Gasteiger partial charge in [-0.15, -0.1) is 0 Å². The van der Waals surface area contributed by atoms with Crippen molar-refractivity contribution >= 4 is 10.8 Å². The Morgan fingerprint density at radius 3 is 2.61 bits per heavy atom. The molecule has 2 heteroatoms. The van der Waals surface area contributed by atoms with Gasteiger partial charge >= 0.3 is 0 Å². The Kier molecular flexibility index (Phi) is 6.48. The number of rotatable bonds is 8. The summed E-state index contributed by atoms with van der Waals surface area (Å²) in [6.07, 6.45) is 8.95. The van der Waals surface area contributed by atoms with Gasteiger partial charge in [0.25, 0.3) is 0 Å². The van der Waals surface area contributed by atoms with Crippen molar-refractivity contribution in [3.8, 4) is 0 Å². The average molecular weight is 309 g/mol. The summed E-state index contributed by atoms with van der Waals surface area (Å²) in [5.74, 6) is 0. The normalized spacial score (nSPS) is 16.0. The van der Waals surface area contributed by atoms with Crippen molar-refractivity contribution in [2.24, 2.45) is 0 Å². The van der Waals surface area contributed by atoms with Gasteiger partial charge in [-0.3, -0.25) is 0 Å². The maximum Gasteiger partial charge on any atom is 0.0211 e. The number of hydrogen-bond acceptors (Lipinski definition) is 2. The first-order chi connectivity index (χ1) is 11.4. The van der Waals surface area contributed by atoms with Crippen LogP contribution in [0.3, 0.4) is 0 Å². The van der Waals surface area contributed by atoms with Gasteiger partial charge in [0.15, 0.2) is 0 Å². The van der Waals surface area contributed by atoms with Crippen molar-refractivity contribution in [1.82, 2.24) is 10.2 Å². The molecule has 0 bridgehead atoms. The lowest BCUT2D eigenvalue weighted by molar-refractivity contribution is 0.248. The Morgan fingerprint density at radius 2 is 1.70 bits per heavy atom. The van der Waals surface area contributed by atoms with E-state index in [1.807, 2.05) is 0 Å². The van der Waals surface area contributed by atoms with Crippen LogP contribution >= 0.6 is 0 Å². The third-order valence-electron chi connectivity index (χ3n) is 4.82. The minimum atomic E-state index is 0.976. The van der Waals surface area contributed by atoms with Crippen molar-refractivity contribution in [1.29, 1.82) is 0 Å². The molecule has 1 fully saturated rings. The van der Waals surface area contributed by atoms with Gasteiger partial charge in [0.2, 0.25) is 0 Å². The van der Waals surface area contributed by atoms with Crippen LogP contribution in [0.25, 0.3) is 10.8 Å². The zero-order chi connectivity index (χ0) is 15.7. The Bertz CT molecular complexity index is 582. The first-order valence-electron chi connectivity index (χ1n) is 9.15. The fourth-order valence-corrected chi connectivity index (χ4v) is 3.46. The summed E-state index contributed by atoms with van der Waals surface area (Å²) >= 11 is 0. The number of unbranched alkanes of at least 4 members (excludes halogenated alkanes) is 2. The lowest BCUT2D eigenvalue weighted by Gasteiger charge is -2.26. The first kappa shape index (κ1) is 16.5. The predicted octanol–water partition coefficient (Wildman–Crippen LogP) is 4.40. The minimum absolute atomic E-state index is 0.976. The standard InChI is InChI=1S/C21H29N2/c1(6-15-23-16-7-2-8-17-23)5-14-22-18-20-12-9-11-19-10-3-4-13-21(19)20/h2-4,9-13,22H,1,5-8,14-18H2. The van der Waals surface area contributed by atoms with Crippen molar-refractivity contribution in [2.75, 3.05) is 26.2 Å². The van der Waals surface area contributed by atoms with Gasteiger partial charge < -0.3 is 10.2 Å². The maximum absolute atomic E-state index is 3.61. The van der Waals surface area contributed by atoms with E-state index in [0.717, 1.165) is 13.1 Å². The number of piperidine rings is 1. The molecule has 23 heavy (non-hydrogen) atoms. The molecular weight excluding hydrogens is 280 g/mol. The van der Waals surface area contributed by atoms with Gasteiger partial charge in [0.05, 0.1) is 0 Å². The van der Waals surface area contributed by atoms with E-state index in [0.29, 0.717) is 0 Å². The average Bonchev–Trinajstić information content (AvgIpc) is 2.62. The largest absolute Gasteiger partial charge is 0.313 e. The summed E-state index contributed by atoms with van der Waals surface area (Å²) in [7, 11) is 0. The highest BCUT2D eigenvalue weighted by molar-refractivity contribution is 5.85. The molecule has 2 aromatic rings. The lowest BCUT2D eigenvalue weighted by atomic mass is 10.0. The Morgan fingerprint density at radius 1 is 0.870 bits per heavy atom. The SMILES string of the molecule is [CH]1CCN(CCCCCNCc2cccc3ccccc23)CC1. The van der Waals surface area contributed by atoms with Crippen molar-refractivity contribution in [3.05, 3.63) is 54.4 Å². The number of benzene rings is 2. The fraction of sp³-hybridized carbons (Fsp3) is 0.476. The predicted molar refractivity (Wildman–Crippen MR) is 99.5 cm³/mol. The Labute approximate surface area is 140 Å². The highest BCUT2D eigenvalue weighted by Crippen LogP contribution is 2.18. The molecule has 1 heterocycles. The van der Waals surface area contributed by atoms with Gasteiger partial charge in [-0.2, -0.15) is 0 Å². The van der Waals surface area contributed by atoms with Gasteiger partial charge in [-0.05, 0) is 74.6 Å². The third-order valence-corrected chi connectivity index (χ3v) is 4.82. The highest BCUT2D eigenvalue weighted by atomic mass is 15.1. The number of nitrogens with one attached hydrogen (secondary N) is 1. The summed E-state index contributed by atoms with van der Waals surface area (Å²) in [6.45, 7) is 5.94. The lowest BCUT2D eigenvalue weighted by Crippen LogP contribution is -2.30. The van der Waals surface area contributed by atoms with Gasteiger partial charge in [-0.25, -0.2) is 0 Å². The molecule has 0 unspecified atom stereocenters. The smallest absolute Gasteiger partial charge is 0.0211 e. The second kappa shape index (κ2) is 9.05. The quantitative estimate of drug-likeness (QED) is 0.727. The van der Waals surface area contributed by atoms with Crippen LogP contribution < -0.4 is 5.32 Å². The van der Waals surface area contributed by atoms with Crippen molar-refractivity contribution < 1.29 is 0 Å². The van der Waals surface area contributed by atoms with Gasteiger partial charge in [0, 0.05) is 6.54 Å². The van der Waals surface area contributed by atoms with Gasteiger partial charge in [0.1, 0.15) is 0 Å². The monoisotopic (exact) mass is 309 g/mol. The molecule has 0 amide bonds. The summed E-state index contributed by atoms with van der Waals surface area (Å²) < 4.78 is 0. The summed E-state index contributed by atoms with van der Waals surface area (Å²) in [5, 5.41) is 6.33. The third kappa shape index (κ3) is 5.05. The summed E-state index contributed by atoms with van der Waals surface area (Å²) in [4.78, 5) is 2.61. The molecular formula is C21H29N2. The van der Waals surface area contributed by atoms with E-state index >= 15 is 0 Å². The number of nitrogens with zero attached hydrogens (tertiary/aromatic N) is 1. The maximum atomic E-state index is 3.61. The van der Waals surface area contributed by atoms with Crippen LogP contribution in [0.15, 0.2) is 42.5 Å². The molecule has 0 atom stereocenters. The van der Waals surface area contributed by atoms with Crippen LogP contribution in [-0.2, 0) is 6.54 Å². The zero-order valence-corrected chi connectivity index (χ0v) is 14.1. The van der Waals surface area contributed by atoms with Crippen molar-refractivity contribution in [2.45, 2.75) is 38.6 Å². The van der Waals surface area contributed by atoms with Crippen LogP contribution in [0.1, 0.15) is 37.7 Å². The summed E-state index contributed by atoms with van der Waals surface area (Å²) in [5.41, 5.74) is 1.41. The van der Waals surface area contributed by atoms with Crippen LogP contribution in [-0.4, -0.2) is 31.1 Å². The second-order valence-electron chi connectivity index (χ2n) is 6.58. The molecule has 0 saturated carbocycles. The van der Waals surface area contributed by atoms with E-state index in [2.05, 4.69) is 59.1 Å². The molecule has 1 aliphatic rings. The molecule has 0 aromatic heterocycles. The molecule has 2 aromatic carbocycles. The fourth-order valence-electron chi connectivity index (χ4n) is 3.46. The first-order valence-corrected chi connectivity index (χ1v) is 9.15. The number of likely N-dealkylation sites (tertiary alicyclic amines) is 1.